The summed E-state index contributed by atoms with van der Waals surface area (Å²) < 4.78 is 13.7. The zero-order valence-electron chi connectivity index (χ0n) is 11.4. The van der Waals surface area contributed by atoms with E-state index in [2.05, 4.69) is 6.07 Å². The van der Waals surface area contributed by atoms with E-state index in [0.717, 1.165) is 11.3 Å². The molecule has 100 valence electrons. The first-order chi connectivity index (χ1) is 9.11. The van der Waals surface area contributed by atoms with Crippen molar-refractivity contribution in [3.05, 3.63) is 65.0 Å². The minimum absolute atomic E-state index is 0.170. The van der Waals surface area contributed by atoms with Gasteiger partial charge >= 0.3 is 0 Å². The molecule has 0 atom stereocenters. The second kappa shape index (κ2) is 5.85. The molecular formula is C16H19FN2. The third-order valence-electron chi connectivity index (χ3n) is 3.24. The average Bonchev–Trinajstić information content (AvgIpc) is 2.41. The van der Waals surface area contributed by atoms with E-state index < -0.39 is 0 Å². The molecule has 0 aromatic heterocycles. The minimum atomic E-state index is -0.170. The van der Waals surface area contributed by atoms with Crippen molar-refractivity contribution in [1.29, 1.82) is 0 Å². The summed E-state index contributed by atoms with van der Waals surface area (Å²) in [6, 6.07) is 13.0. The summed E-state index contributed by atoms with van der Waals surface area (Å²) in [4.78, 5) is 2.04. The Morgan fingerprint density at radius 2 is 1.84 bits per heavy atom. The second-order valence-electron chi connectivity index (χ2n) is 4.78. The summed E-state index contributed by atoms with van der Waals surface area (Å²) in [5, 5.41) is 0. The van der Waals surface area contributed by atoms with Crippen molar-refractivity contribution in [3.8, 4) is 0 Å². The molecule has 0 unspecified atom stereocenters. The number of hydrogen-bond acceptors (Lipinski definition) is 2. The van der Waals surface area contributed by atoms with Gasteiger partial charge in [0.05, 0.1) is 0 Å². The van der Waals surface area contributed by atoms with E-state index in [1.807, 2.05) is 43.1 Å². The van der Waals surface area contributed by atoms with Gasteiger partial charge in [-0.15, -0.1) is 0 Å². The molecule has 0 aliphatic carbocycles. The molecule has 0 aliphatic rings. The first-order valence-corrected chi connectivity index (χ1v) is 6.36. The van der Waals surface area contributed by atoms with Crippen LogP contribution in [0.3, 0.4) is 0 Å². The van der Waals surface area contributed by atoms with Crippen LogP contribution in [0.25, 0.3) is 0 Å². The minimum Gasteiger partial charge on any atom is -0.370 e. The molecule has 3 heteroatoms. The van der Waals surface area contributed by atoms with E-state index in [-0.39, 0.29) is 5.82 Å². The maximum Gasteiger partial charge on any atom is 0.128 e. The van der Waals surface area contributed by atoms with Crippen molar-refractivity contribution in [2.24, 2.45) is 5.73 Å². The Bertz CT molecular complexity index is 566. The summed E-state index contributed by atoms with van der Waals surface area (Å²) >= 11 is 0. The Morgan fingerprint density at radius 3 is 2.53 bits per heavy atom. The number of anilines is 1. The highest BCUT2D eigenvalue weighted by atomic mass is 19.1. The normalized spacial score (nSPS) is 10.5. The number of hydrogen-bond donors (Lipinski definition) is 1. The highest BCUT2D eigenvalue weighted by molar-refractivity contribution is 5.55. The van der Waals surface area contributed by atoms with Crippen LogP contribution >= 0.6 is 0 Å². The Balaban J connectivity index is 2.27. The molecule has 0 saturated carbocycles. The lowest BCUT2D eigenvalue weighted by atomic mass is 10.1. The lowest BCUT2D eigenvalue weighted by Gasteiger charge is -2.23. The van der Waals surface area contributed by atoms with Crippen LogP contribution in [0.15, 0.2) is 42.5 Å². The van der Waals surface area contributed by atoms with Crippen molar-refractivity contribution in [2.45, 2.75) is 20.0 Å². The predicted molar refractivity (Wildman–Crippen MR) is 77.6 cm³/mol. The van der Waals surface area contributed by atoms with Gasteiger partial charge in [0.25, 0.3) is 0 Å². The van der Waals surface area contributed by atoms with Gasteiger partial charge in [0.1, 0.15) is 5.82 Å². The number of benzene rings is 2. The maximum absolute atomic E-state index is 13.7. The van der Waals surface area contributed by atoms with Crippen LogP contribution in [-0.4, -0.2) is 7.05 Å². The predicted octanol–water partition coefficient (Wildman–Crippen LogP) is 3.23. The van der Waals surface area contributed by atoms with Crippen LogP contribution in [0.2, 0.25) is 0 Å². The molecule has 0 spiro atoms. The lowest BCUT2D eigenvalue weighted by molar-refractivity contribution is 0.608. The van der Waals surface area contributed by atoms with Crippen LogP contribution in [-0.2, 0) is 13.1 Å². The monoisotopic (exact) mass is 258 g/mol. The highest BCUT2D eigenvalue weighted by Crippen LogP contribution is 2.23. The standard InChI is InChI=1S/C16H19FN2/c1-12-7-8-13(10-18)16(9-12)19(2)11-14-5-3-4-6-15(14)17/h3-9H,10-11,18H2,1-2H3. The van der Waals surface area contributed by atoms with Crippen molar-refractivity contribution in [3.63, 3.8) is 0 Å². The molecule has 0 amide bonds. The SMILES string of the molecule is Cc1ccc(CN)c(N(C)Cc2ccccc2F)c1. The van der Waals surface area contributed by atoms with Crippen molar-refractivity contribution in [2.75, 3.05) is 11.9 Å². The van der Waals surface area contributed by atoms with E-state index in [1.165, 1.54) is 11.6 Å². The highest BCUT2D eigenvalue weighted by Gasteiger charge is 2.09. The summed E-state index contributed by atoms with van der Waals surface area (Å²) in [6.07, 6.45) is 0. The van der Waals surface area contributed by atoms with Crippen LogP contribution < -0.4 is 10.6 Å². The van der Waals surface area contributed by atoms with Gasteiger partial charge in [-0.05, 0) is 30.2 Å². The molecule has 19 heavy (non-hydrogen) atoms. The molecule has 0 bridgehead atoms. The Kier molecular flexibility index (Phi) is 4.17. The third kappa shape index (κ3) is 3.12. The van der Waals surface area contributed by atoms with Crippen LogP contribution in [0.5, 0.6) is 0 Å². The molecule has 2 nitrogen and oxygen atoms in total. The topological polar surface area (TPSA) is 29.3 Å². The number of halogens is 1. The van der Waals surface area contributed by atoms with Gasteiger partial charge in [0.2, 0.25) is 0 Å². The van der Waals surface area contributed by atoms with Gasteiger partial charge in [-0.3, -0.25) is 0 Å². The zero-order valence-corrected chi connectivity index (χ0v) is 11.4. The Morgan fingerprint density at radius 1 is 1.11 bits per heavy atom. The summed E-state index contributed by atoms with van der Waals surface area (Å²) in [6.45, 7) is 3.06. The van der Waals surface area contributed by atoms with Gasteiger partial charge in [0.15, 0.2) is 0 Å². The van der Waals surface area contributed by atoms with Gasteiger partial charge in [-0.25, -0.2) is 4.39 Å². The fourth-order valence-corrected chi connectivity index (χ4v) is 2.17. The van der Waals surface area contributed by atoms with Gasteiger partial charge < -0.3 is 10.6 Å². The van der Waals surface area contributed by atoms with E-state index in [9.17, 15) is 4.39 Å². The molecule has 2 aromatic rings. The van der Waals surface area contributed by atoms with E-state index in [4.69, 9.17) is 5.73 Å². The summed E-state index contributed by atoms with van der Waals surface area (Å²) in [7, 11) is 1.96. The molecule has 2 N–H and O–H groups in total. The van der Waals surface area contributed by atoms with Crippen LogP contribution in [0.1, 0.15) is 16.7 Å². The fraction of sp³-hybridized carbons (Fsp3) is 0.250. The number of nitrogens with two attached hydrogens (primary N) is 1. The molecule has 0 radical (unpaired) electrons. The van der Waals surface area contributed by atoms with Crippen molar-refractivity contribution < 1.29 is 4.39 Å². The van der Waals surface area contributed by atoms with Crippen LogP contribution in [0.4, 0.5) is 10.1 Å². The van der Waals surface area contributed by atoms with E-state index in [0.29, 0.717) is 18.7 Å². The molecule has 0 aliphatic heterocycles. The summed E-state index contributed by atoms with van der Waals surface area (Å²) in [5.41, 5.74) is 9.76. The van der Waals surface area contributed by atoms with Gasteiger partial charge in [0, 0.05) is 31.4 Å². The molecule has 2 aromatic carbocycles. The van der Waals surface area contributed by atoms with Gasteiger partial charge in [-0.1, -0.05) is 30.3 Å². The number of rotatable bonds is 4. The first-order valence-electron chi connectivity index (χ1n) is 6.36. The quantitative estimate of drug-likeness (QED) is 0.912. The Labute approximate surface area is 113 Å². The fourth-order valence-electron chi connectivity index (χ4n) is 2.17. The third-order valence-corrected chi connectivity index (χ3v) is 3.24. The smallest absolute Gasteiger partial charge is 0.128 e. The number of aryl methyl sites for hydroxylation is 1. The molecule has 2 rings (SSSR count). The molecular weight excluding hydrogens is 239 g/mol. The molecule has 0 heterocycles. The summed E-state index contributed by atoms with van der Waals surface area (Å²) in [5.74, 6) is -0.170. The molecule has 0 fully saturated rings. The van der Waals surface area contributed by atoms with Crippen molar-refractivity contribution in [1.82, 2.24) is 0 Å². The molecule has 0 saturated heterocycles. The van der Waals surface area contributed by atoms with Crippen molar-refractivity contribution >= 4 is 5.69 Å². The van der Waals surface area contributed by atoms with E-state index in [1.54, 1.807) is 6.07 Å². The zero-order chi connectivity index (χ0) is 13.8. The Hall–Kier alpha value is -1.87. The maximum atomic E-state index is 13.7. The van der Waals surface area contributed by atoms with Crippen LogP contribution in [0, 0.1) is 12.7 Å². The van der Waals surface area contributed by atoms with E-state index >= 15 is 0 Å². The lowest BCUT2D eigenvalue weighted by Crippen LogP contribution is -2.19. The average molecular weight is 258 g/mol. The number of nitrogens with zero attached hydrogens (tertiary/aromatic N) is 1. The van der Waals surface area contributed by atoms with Gasteiger partial charge in [-0.2, -0.15) is 0 Å². The first kappa shape index (κ1) is 13.6. The second-order valence-corrected chi connectivity index (χ2v) is 4.78. The largest absolute Gasteiger partial charge is 0.370 e.